The van der Waals surface area contributed by atoms with Crippen molar-refractivity contribution >= 4 is 45.5 Å². The van der Waals surface area contributed by atoms with Gasteiger partial charge in [0.25, 0.3) is 0 Å². The highest BCUT2D eigenvalue weighted by Crippen LogP contribution is 2.37. The van der Waals surface area contributed by atoms with Crippen molar-refractivity contribution < 1.29 is 4.42 Å². The van der Waals surface area contributed by atoms with E-state index in [1.54, 1.807) is 0 Å². The number of hydrogen-bond donors (Lipinski definition) is 0. The Balaban J connectivity index is 1.61. The number of fused-ring (bicyclic) bond motifs is 4. The van der Waals surface area contributed by atoms with Crippen molar-refractivity contribution in [2.24, 2.45) is 0 Å². The van der Waals surface area contributed by atoms with Crippen LogP contribution in [0.2, 0.25) is 5.28 Å². The molecule has 0 aliphatic heterocycles. The van der Waals surface area contributed by atoms with Crippen LogP contribution < -0.4 is 0 Å². The van der Waals surface area contributed by atoms with Crippen LogP contribution in [0, 0.1) is 6.08 Å². The van der Waals surface area contributed by atoms with Crippen LogP contribution in [-0.4, -0.2) is 15.0 Å². The van der Waals surface area contributed by atoms with Crippen molar-refractivity contribution in [2.45, 2.75) is 0 Å². The lowest BCUT2D eigenvalue weighted by atomic mass is 10.0. The first-order valence-corrected chi connectivity index (χ1v) is 9.87. The van der Waals surface area contributed by atoms with Gasteiger partial charge in [-0.15, -0.1) is 0 Å². The maximum Gasteiger partial charge on any atom is 0.250 e. The number of halogens is 1. The van der Waals surface area contributed by atoms with Gasteiger partial charge in [0, 0.05) is 17.2 Å². The number of nitrogens with zero attached hydrogens (tertiary/aromatic N) is 3. The first kappa shape index (κ1) is 17.0. The summed E-state index contributed by atoms with van der Waals surface area (Å²) in [5.74, 6) is 1.83. The van der Waals surface area contributed by atoms with Gasteiger partial charge < -0.3 is 4.42 Å². The molecule has 5 heteroatoms. The monoisotopic (exact) mass is 406 g/mol. The molecule has 5 aromatic rings. The van der Waals surface area contributed by atoms with E-state index in [4.69, 9.17) is 21.0 Å². The SMILES string of the molecule is Clc1nc(-c2cccc3ccccc23)nc(-c2cccc3oc4c(c23)C=C[C+]=C4)n1. The molecule has 1 aliphatic carbocycles. The predicted molar refractivity (Wildman–Crippen MR) is 120 cm³/mol. The summed E-state index contributed by atoms with van der Waals surface area (Å²) in [5, 5.41) is 3.29. The maximum absolute atomic E-state index is 6.35. The largest absolute Gasteiger partial charge is 0.396 e. The molecule has 0 radical (unpaired) electrons. The quantitative estimate of drug-likeness (QED) is 0.310. The van der Waals surface area contributed by atoms with Crippen LogP contribution in [0.25, 0.3) is 56.7 Å². The lowest BCUT2D eigenvalue weighted by Gasteiger charge is -2.08. The van der Waals surface area contributed by atoms with Crippen molar-refractivity contribution in [1.82, 2.24) is 15.0 Å². The van der Waals surface area contributed by atoms with E-state index in [0.29, 0.717) is 11.6 Å². The van der Waals surface area contributed by atoms with E-state index in [-0.39, 0.29) is 5.28 Å². The number of aromatic nitrogens is 3. The van der Waals surface area contributed by atoms with E-state index in [1.165, 1.54) is 0 Å². The predicted octanol–water partition coefficient (Wildman–Crippen LogP) is 6.60. The number of allylic oxidation sites excluding steroid dienone is 2. The van der Waals surface area contributed by atoms with Gasteiger partial charge in [0.2, 0.25) is 11.0 Å². The highest BCUT2D eigenvalue weighted by Gasteiger charge is 2.24. The topological polar surface area (TPSA) is 51.8 Å². The van der Waals surface area contributed by atoms with Crippen LogP contribution >= 0.6 is 11.6 Å². The molecule has 0 amide bonds. The minimum absolute atomic E-state index is 0.154. The number of rotatable bonds is 2. The van der Waals surface area contributed by atoms with Crippen LogP contribution in [0.1, 0.15) is 11.3 Å². The van der Waals surface area contributed by atoms with Gasteiger partial charge in [0.1, 0.15) is 17.7 Å². The van der Waals surface area contributed by atoms with Crippen LogP contribution in [0.15, 0.2) is 71.2 Å². The zero-order chi connectivity index (χ0) is 20.1. The second kappa shape index (κ2) is 6.60. The number of benzene rings is 3. The fourth-order valence-electron chi connectivity index (χ4n) is 3.92. The molecule has 6 rings (SSSR count). The van der Waals surface area contributed by atoms with E-state index in [2.05, 4.69) is 34.2 Å². The highest BCUT2D eigenvalue weighted by atomic mass is 35.5. The fraction of sp³-hybridized carbons (Fsp3) is 0. The summed E-state index contributed by atoms with van der Waals surface area (Å²) in [7, 11) is 0. The lowest BCUT2D eigenvalue weighted by molar-refractivity contribution is 0.603. The Morgan fingerprint density at radius 2 is 1.57 bits per heavy atom. The maximum atomic E-state index is 6.35. The minimum atomic E-state index is 0.154. The first-order chi connectivity index (χ1) is 14.8. The van der Waals surface area contributed by atoms with Gasteiger partial charge in [-0.3, -0.25) is 0 Å². The van der Waals surface area contributed by atoms with Gasteiger partial charge in [-0.1, -0.05) is 54.6 Å². The second-order valence-electron chi connectivity index (χ2n) is 6.98. The van der Waals surface area contributed by atoms with Gasteiger partial charge in [-0.25, -0.2) is 4.98 Å². The Bertz CT molecular complexity index is 1510. The number of hydrogen-bond acceptors (Lipinski definition) is 4. The minimum Gasteiger partial charge on any atom is -0.396 e. The molecule has 3 aromatic carbocycles. The third-order valence-corrected chi connectivity index (χ3v) is 5.39. The first-order valence-electron chi connectivity index (χ1n) is 9.49. The average molecular weight is 407 g/mol. The van der Waals surface area contributed by atoms with E-state index >= 15 is 0 Å². The summed E-state index contributed by atoms with van der Waals surface area (Å²) in [6, 6.07) is 20.1. The molecule has 0 atom stereocenters. The van der Waals surface area contributed by atoms with Crippen LogP contribution in [0.3, 0.4) is 0 Å². The van der Waals surface area contributed by atoms with Gasteiger partial charge in [-0.2, -0.15) is 9.97 Å². The third-order valence-electron chi connectivity index (χ3n) is 5.22. The van der Waals surface area contributed by atoms with Crippen molar-refractivity contribution in [3.05, 3.63) is 89.4 Å². The Morgan fingerprint density at radius 3 is 2.50 bits per heavy atom. The number of furan rings is 1. The summed E-state index contributed by atoms with van der Waals surface area (Å²) in [4.78, 5) is 13.7. The average Bonchev–Trinajstić information content (AvgIpc) is 3.17. The van der Waals surface area contributed by atoms with Gasteiger partial charge >= 0.3 is 0 Å². The Labute approximate surface area is 177 Å². The molecule has 0 saturated heterocycles. The van der Waals surface area contributed by atoms with Gasteiger partial charge in [-0.05, 0) is 28.4 Å². The highest BCUT2D eigenvalue weighted by molar-refractivity contribution is 6.28. The molecule has 0 bridgehead atoms. The molecule has 30 heavy (non-hydrogen) atoms. The van der Waals surface area contributed by atoms with E-state index in [0.717, 1.165) is 44.2 Å². The van der Waals surface area contributed by atoms with Crippen molar-refractivity contribution in [3.8, 4) is 22.8 Å². The second-order valence-corrected chi connectivity index (χ2v) is 7.32. The van der Waals surface area contributed by atoms with E-state index < -0.39 is 0 Å². The Kier molecular flexibility index (Phi) is 3.75. The van der Waals surface area contributed by atoms with E-state index in [1.807, 2.05) is 60.7 Å². The summed E-state index contributed by atoms with van der Waals surface area (Å²) in [6.07, 6.45) is 8.75. The molecule has 2 aromatic heterocycles. The molecular weight excluding hydrogens is 394 g/mol. The lowest BCUT2D eigenvalue weighted by Crippen LogP contribution is -1.98. The van der Waals surface area contributed by atoms with Gasteiger partial charge in [0.05, 0.1) is 11.5 Å². The molecule has 0 N–H and O–H groups in total. The van der Waals surface area contributed by atoms with Crippen molar-refractivity contribution in [3.63, 3.8) is 0 Å². The Morgan fingerprint density at radius 1 is 0.800 bits per heavy atom. The van der Waals surface area contributed by atoms with Crippen molar-refractivity contribution in [2.75, 3.05) is 0 Å². The Hall–Kier alpha value is -3.85. The smallest absolute Gasteiger partial charge is 0.250 e. The molecule has 140 valence electrons. The summed E-state index contributed by atoms with van der Waals surface area (Å²) in [5.41, 5.74) is 3.52. The molecule has 1 aliphatic rings. The molecule has 4 nitrogen and oxygen atoms in total. The van der Waals surface area contributed by atoms with Crippen LogP contribution in [0.5, 0.6) is 0 Å². The molecule has 0 fully saturated rings. The standard InChI is InChI=1S/C25H13ClN3O/c26-25-28-23(17-11-5-8-15-7-1-2-9-16(15)17)27-24(29-25)19-12-6-14-21-22(19)18-10-3-4-13-20(18)30-21/h1-3,5-14H/q+1. The molecule has 0 saturated carbocycles. The zero-order valence-electron chi connectivity index (χ0n) is 15.6. The van der Waals surface area contributed by atoms with E-state index in [9.17, 15) is 0 Å². The summed E-state index contributed by atoms with van der Waals surface area (Å²) >= 11 is 6.35. The molecule has 0 unspecified atom stereocenters. The fourth-order valence-corrected chi connectivity index (χ4v) is 4.08. The third kappa shape index (κ3) is 2.63. The zero-order valence-corrected chi connectivity index (χ0v) is 16.4. The molecule has 2 heterocycles. The van der Waals surface area contributed by atoms with Crippen molar-refractivity contribution in [1.29, 1.82) is 0 Å². The normalized spacial score (nSPS) is 12.3. The summed E-state index contributed by atoms with van der Waals surface area (Å²) < 4.78 is 5.98. The van der Waals surface area contributed by atoms with Crippen LogP contribution in [-0.2, 0) is 0 Å². The van der Waals surface area contributed by atoms with Gasteiger partial charge in [0.15, 0.2) is 17.2 Å². The molecule has 0 spiro atoms. The molecular formula is C25H13ClN3O+. The summed E-state index contributed by atoms with van der Waals surface area (Å²) in [6.45, 7) is 0. The van der Waals surface area contributed by atoms with Crippen LogP contribution in [0.4, 0.5) is 0 Å².